The number of nitrogens with zero attached hydrogens (tertiary/aromatic N) is 4. The lowest BCUT2D eigenvalue weighted by Crippen LogP contribution is -2.64. The smallest absolute Gasteiger partial charge is 0.410 e. The molecule has 1 spiro atoms. The van der Waals surface area contributed by atoms with Crippen molar-refractivity contribution in [3.8, 4) is 0 Å². The largest absolute Gasteiger partial charge is 0.444 e. The summed E-state index contributed by atoms with van der Waals surface area (Å²) in [5.41, 5.74) is -0.120. The second-order valence-electron chi connectivity index (χ2n) is 8.61. The molecule has 0 aromatic carbocycles. The van der Waals surface area contributed by atoms with Crippen LogP contribution in [-0.4, -0.2) is 44.4 Å². The number of ether oxygens (including phenoxy) is 1. The van der Waals surface area contributed by atoms with E-state index in [-0.39, 0.29) is 6.09 Å². The third kappa shape index (κ3) is 2.72. The van der Waals surface area contributed by atoms with Crippen LogP contribution in [0.3, 0.4) is 0 Å². The van der Waals surface area contributed by atoms with Gasteiger partial charge in [-0.25, -0.2) is 14.5 Å². The zero-order valence-corrected chi connectivity index (χ0v) is 14.3. The van der Waals surface area contributed by atoms with Crippen molar-refractivity contribution in [2.24, 2.45) is 5.41 Å². The standard InChI is InChI=1S/C17H26N4O2/c1-16(2,3)23-15(22)20-9-17(10-20)7-13(8-17)21-11-18-14(19-21)12-5-4-6-12/h11-13H,4-10H2,1-3H3. The lowest BCUT2D eigenvalue weighted by Gasteiger charge is -2.58. The van der Waals surface area contributed by atoms with Crippen molar-refractivity contribution < 1.29 is 9.53 Å². The number of aromatic nitrogens is 3. The van der Waals surface area contributed by atoms with E-state index >= 15 is 0 Å². The van der Waals surface area contributed by atoms with Gasteiger partial charge < -0.3 is 9.64 Å². The number of carbonyl (C=O) groups is 1. The number of carbonyl (C=O) groups excluding carboxylic acids is 1. The lowest BCUT2D eigenvalue weighted by atomic mass is 9.61. The predicted octanol–water partition coefficient (Wildman–Crippen LogP) is 3.12. The van der Waals surface area contributed by atoms with Crippen molar-refractivity contribution in [2.75, 3.05) is 13.1 Å². The Morgan fingerprint density at radius 2 is 2.00 bits per heavy atom. The van der Waals surface area contributed by atoms with Gasteiger partial charge in [-0.1, -0.05) is 6.42 Å². The minimum atomic E-state index is -0.416. The Bertz CT molecular complexity index is 600. The molecule has 0 atom stereocenters. The molecule has 0 radical (unpaired) electrons. The molecular weight excluding hydrogens is 292 g/mol. The van der Waals surface area contributed by atoms with Gasteiger partial charge in [-0.2, -0.15) is 5.10 Å². The SMILES string of the molecule is CC(C)(C)OC(=O)N1CC2(CC(n3cnc(C4CCC4)n3)C2)C1. The first-order chi connectivity index (χ1) is 10.8. The third-order valence-electron chi connectivity index (χ3n) is 5.41. The van der Waals surface area contributed by atoms with E-state index in [9.17, 15) is 4.79 Å². The van der Waals surface area contributed by atoms with Gasteiger partial charge >= 0.3 is 6.09 Å². The Kier molecular flexibility index (Phi) is 3.22. The molecule has 2 heterocycles. The van der Waals surface area contributed by atoms with Gasteiger partial charge in [0.2, 0.25) is 0 Å². The summed E-state index contributed by atoms with van der Waals surface area (Å²) < 4.78 is 7.47. The quantitative estimate of drug-likeness (QED) is 0.840. The van der Waals surface area contributed by atoms with E-state index < -0.39 is 5.60 Å². The maximum Gasteiger partial charge on any atom is 0.410 e. The molecule has 0 unspecified atom stereocenters. The van der Waals surface area contributed by atoms with Crippen molar-refractivity contribution in [1.82, 2.24) is 19.7 Å². The molecule has 2 saturated carbocycles. The molecule has 126 valence electrons. The van der Waals surface area contributed by atoms with E-state index in [4.69, 9.17) is 4.74 Å². The maximum absolute atomic E-state index is 12.0. The zero-order valence-electron chi connectivity index (χ0n) is 14.3. The highest BCUT2D eigenvalue weighted by atomic mass is 16.6. The van der Waals surface area contributed by atoms with Gasteiger partial charge in [-0.05, 0) is 46.5 Å². The van der Waals surface area contributed by atoms with Crippen LogP contribution in [0.5, 0.6) is 0 Å². The molecule has 1 aliphatic heterocycles. The molecule has 23 heavy (non-hydrogen) atoms. The van der Waals surface area contributed by atoms with Crippen LogP contribution in [0, 0.1) is 5.41 Å². The zero-order chi connectivity index (χ0) is 16.2. The molecule has 6 nitrogen and oxygen atoms in total. The fraction of sp³-hybridized carbons (Fsp3) is 0.824. The Hall–Kier alpha value is -1.59. The Morgan fingerprint density at radius 3 is 2.57 bits per heavy atom. The number of likely N-dealkylation sites (tertiary alicyclic amines) is 1. The fourth-order valence-electron chi connectivity index (χ4n) is 3.92. The van der Waals surface area contributed by atoms with Gasteiger partial charge in [-0.3, -0.25) is 0 Å². The van der Waals surface area contributed by atoms with E-state index in [0.717, 1.165) is 31.8 Å². The normalized spacial score (nSPS) is 24.0. The Morgan fingerprint density at radius 1 is 1.30 bits per heavy atom. The van der Waals surface area contributed by atoms with Crippen LogP contribution in [0.2, 0.25) is 0 Å². The van der Waals surface area contributed by atoms with Crippen LogP contribution >= 0.6 is 0 Å². The maximum atomic E-state index is 12.0. The molecule has 4 rings (SSSR count). The van der Waals surface area contributed by atoms with Crippen molar-refractivity contribution in [3.05, 3.63) is 12.2 Å². The molecule has 0 N–H and O–H groups in total. The van der Waals surface area contributed by atoms with Crippen LogP contribution < -0.4 is 0 Å². The van der Waals surface area contributed by atoms with Crippen molar-refractivity contribution in [1.29, 1.82) is 0 Å². The summed E-state index contributed by atoms with van der Waals surface area (Å²) in [4.78, 5) is 18.3. The second-order valence-corrected chi connectivity index (χ2v) is 8.61. The molecule has 1 aromatic rings. The van der Waals surface area contributed by atoms with Crippen molar-refractivity contribution in [2.45, 2.75) is 70.4 Å². The first kappa shape index (κ1) is 15.0. The lowest BCUT2D eigenvalue weighted by molar-refractivity contribution is -0.0929. The molecule has 6 heteroatoms. The summed E-state index contributed by atoms with van der Waals surface area (Å²) in [5, 5.41) is 4.68. The molecule has 1 amide bonds. The minimum absolute atomic E-state index is 0.181. The van der Waals surface area contributed by atoms with Gasteiger partial charge in [0.1, 0.15) is 11.9 Å². The highest BCUT2D eigenvalue weighted by Crippen LogP contribution is 2.54. The molecular formula is C17H26N4O2. The van der Waals surface area contributed by atoms with E-state index in [2.05, 4.69) is 14.8 Å². The van der Waals surface area contributed by atoms with Crippen LogP contribution in [0.15, 0.2) is 6.33 Å². The topological polar surface area (TPSA) is 60.2 Å². The van der Waals surface area contributed by atoms with Gasteiger partial charge in [0.15, 0.2) is 5.82 Å². The minimum Gasteiger partial charge on any atom is -0.444 e. The van der Waals surface area contributed by atoms with Gasteiger partial charge in [0.05, 0.1) is 6.04 Å². The predicted molar refractivity (Wildman–Crippen MR) is 85.1 cm³/mol. The van der Waals surface area contributed by atoms with E-state index in [1.54, 1.807) is 0 Å². The summed E-state index contributed by atoms with van der Waals surface area (Å²) in [6, 6.07) is 0.456. The van der Waals surface area contributed by atoms with E-state index in [1.165, 1.54) is 19.3 Å². The summed E-state index contributed by atoms with van der Waals surface area (Å²) in [6.45, 7) is 7.36. The number of amides is 1. The molecule has 1 aromatic heterocycles. The van der Waals surface area contributed by atoms with Crippen molar-refractivity contribution >= 4 is 6.09 Å². The summed E-state index contributed by atoms with van der Waals surface area (Å²) in [6.07, 6.45) is 7.70. The molecule has 0 bridgehead atoms. The molecule has 1 saturated heterocycles. The summed E-state index contributed by atoms with van der Waals surface area (Å²) in [5.74, 6) is 1.62. The monoisotopic (exact) mass is 318 g/mol. The number of hydrogen-bond donors (Lipinski definition) is 0. The third-order valence-corrected chi connectivity index (χ3v) is 5.41. The van der Waals surface area contributed by atoms with E-state index in [1.807, 2.05) is 32.0 Å². The van der Waals surface area contributed by atoms with Crippen LogP contribution in [0.4, 0.5) is 4.79 Å². The van der Waals surface area contributed by atoms with Crippen LogP contribution in [0.1, 0.15) is 70.7 Å². The summed E-state index contributed by atoms with van der Waals surface area (Å²) in [7, 11) is 0. The average molecular weight is 318 g/mol. The average Bonchev–Trinajstić information content (AvgIpc) is 2.69. The Balaban J connectivity index is 1.27. The molecule has 3 fully saturated rings. The van der Waals surface area contributed by atoms with Gasteiger partial charge in [-0.15, -0.1) is 0 Å². The first-order valence-corrected chi connectivity index (χ1v) is 8.73. The van der Waals surface area contributed by atoms with E-state index in [0.29, 0.717) is 17.4 Å². The first-order valence-electron chi connectivity index (χ1n) is 8.73. The van der Waals surface area contributed by atoms with Gasteiger partial charge in [0, 0.05) is 24.4 Å². The molecule has 2 aliphatic carbocycles. The van der Waals surface area contributed by atoms with Crippen LogP contribution in [-0.2, 0) is 4.74 Å². The Labute approximate surface area is 137 Å². The van der Waals surface area contributed by atoms with Crippen LogP contribution in [0.25, 0.3) is 0 Å². The number of rotatable bonds is 2. The van der Waals surface area contributed by atoms with Gasteiger partial charge in [0.25, 0.3) is 0 Å². The fourth-order valence-corrected chi connectivity index (χ4v) is 3.92. The molecule has 3 aliphatic rings. The highest BCUT2D eigenvalue weighted by Gasteiger charge is 2.55. The number of hydrogen-bond acceptors (Lipinski definition) is 4. The second kappa shape index (κ2) is 4.95. The highest BCUT2D eigenvalue weighted by molar-refractivity contribution is 5.69. The van der Waals surface area contributed by atoms with Crippen molar-refractivity contribution in [3.63, 3.8) is 0 Å². The summed E-state index contributed by atoms with van der Waals surface area (Å²) >= 11 is 0.